The van der Waals surface area contributed by atoms with Crippen LogP contribution >= 0.6 is 23.4 Å². The van der Waals surface area contributed by atoms with Crippen LogP contribution in [0, 0.1) is 0 Å². The first-order chi connectivity index (χ1) is 13.7. The maximum absolute atomic E-state index is 6.34. The second-order valence-corrected chi connectivity index (χ2v) is 7.45. The van der Waals surface area contributed by atoms with Gasteiger partial charge in [-0.15, -0.1) is 10.2 Å². The number of ether oxygens (including phenoxy) is 3. The van der Waals surface area contributed by atoms with Crippen molar-refractivity contribution in [1.82, 2.24) is 14.9 Å². The lowest BCUT2D eigenvalue weighted by Crippen LogP contribution is -2.14. The van der Waals surface area contributed by atoms with Gasteiger partial charge in [0.1, 0.15) is 5.75 Å². The second-order valence-electron chi connectivity index (χ2n) is 6.10. The molecule has 0 saturated heterocycles. The molecular formula is C19H15ClN4O3S. The minimum absolute atomic E-state index is 0.230. The van der Waals surface area contributed by atoms with E-state index in [1.54, 1.807) is 16.4 Å². The number of benzene rings is 2. The Morgan fingerprint density at radius 1 is 1.11 bits per heavy atom. The highest BCUT2D eigenvalue weighted by Crippen LogP contribution is 2.37. The number of nitrogens with zero attached hydrogens (tertiary/aromatic N) is 4. The molecule has 7 nitrogen and oxygen atoms in total. The van der Waals surface area contributed by atoms with Crippen LogP contribution in [-0.2, 0) is 0 Å². The summed E-state index contributed by atoms with van der Waals surface area (Å²) in [6.07, 6.45) is 0. The van der Waals surface area contributed by atoms with Crippen LogP contribution < -0.4 is 14.2 Å². The summed E-state index contributed by atoms with van der Waals surface area (Å²) < 4.78 is 18.1. The van der Waals surface area contributed by atoms with Crippen molar-refractivity contribution in [2.45, 2.75) is 12.1 Å². The zero-order chi connectivity index (χ0) is 19.1. The maximum Gasteiger partial charge on any atom is 0.231 e. The van der Waals surface area contributed by atoms with Crippen LogP contribution in [0.25, 0.3) is 11.4 Å². The first kappa shape index (κ1) is 17.4. The molecule has 2 aliphatic rings. The molecule has 0 amide bonds. The molecular weight excluding hydrogens is 400 g/mol. The Morgan fingerprint density at radius 3 is 2.82 bits per heavy atom. The number of rotatable bonds is 4. The third-order valence-electron chi connectivity index (χ3n) is 4.37. The van der Waals surface area contributed by atoms with Gasteiger partial charge in [-0.2, -0.15) is 9.78 Å². The van der Waals surface area contributed by atoms with Crippen LogP contribution in [0.15, 0.2) is 46.7 Å². The lowest BCUT2D eigenvalue weighted by atomic mass is 10.1. The van der Waals surface area contributed by atoms with Gasteiger partial charge in [0.2, 0.25) is 11.9 Å². The molecule has 0 saturated carbocycles. The molecule has 9 heteroatoms. The van der Waals surface area contributed by atoms with Gasteiger partial charge in [-0.3, -0.25) is 0 Å². The number of hydrogen-bond donors (Lipinski definition) is 0. The van der Waals surface area contributed by atoms with Gasteiger partial charge in [0.15, 0.2) is 17.3 Å². The first-order valence-corrected chi connectivity index (χ1v) is 10.1. The Hall–Kier alpha value is -2.71. The Bertz CT molecular complexity index is 1100. The Labute approximate surface area is 170 Å². The number of thioether (sulfide) groups is 1. The zero-order valence-corrected chi connectivity index (χ0v) is 16.5. The van der Waals surface area contributed by atoms with E-state index in [9.17, 15) is 0 Å². The fraction of sp³-hybridized carbons (Fsp3) is 0.211. The molecule has 142 valence electrons. The van der Waals surface area contributed by atoms with Crippen LogP contribution in [0.2, 0.25) is 5.02 Å². The molecule has 1 aromatic heterocycles. The van der Waals surface area contributed by atoms with Crippen LogP contribution in [0.4, 0.5) is 0 Å². The summed E-state index contributed by atoms with van der Waals surface area (Å²) in [5.41, 5.74) is 2.69. The van der Waals surface area contributed by atoms with Crippen LogP contribution in [0.5, 0.6) is 17.2 Å². The van der Waals surface area contributed by atoms with Crippen LogP contribution in [-0.4, -0.2) is 39.7 Å². The van der Waals surface area contributed by atoms with E-state index in [1.165, 1.54) is 0 Å². The van der Waals surface area contributed by atoms with Crippen molar-refractivity contribution in [2.24, 2.45) is 5.10 Å². The molecule has 0 fully saturated rings. The van der Waals surface area contributed by atoms with E-state index in [-0.39, 0.29) is 6.79 Å². The molecule has 0 unspecified atom stereocenters. The van der Waals surface area contributed by atoms with Gasteiger partial charge in [0.05, 0.1) is 17.3 Å². The van der Waals surface area contributed by atoms with Gasteiger partial charge in [-0.1, -0.05) is 23.4 Å². The molecule has 28 heavy (non-hydrogen) atoms. The largest absolute Gasteiger partial charge is 0.492 e. The third kappa shape index (κ3) is 2.98. The average molecular weight is 415 g/mol. The predicted octanol–water partition coefficient (Wildman–Crippen LogP) is 4.08. The SMILES string of the molecule is CCOc1ccc(C2=Nn3c(nnc3-c3ccc4c(c3)OCO4)SC2)cc1Cl. The lowest BCUT2D eigenvalue weighted by molar-refractivity contribution is 0.174. The molecule has 3 aromatic rings. The summed E-state index contributed by atoms with van der Waals surface area (Å²) in [7, 11) is 0. The van der Waals surface area contributed by atoms with E-state index >= 15 is 0 Å². The molecule has 3 heterocycles. The highest BCUT2D eigenvalue weighted by Gasteiger charge is 2.23. The van der Waals surface area contributed by atoms with E-state index in [0.717, 1.165) is 27.7 Å². The van der Waals surface area contributed by atoms with Crippen molar-refractivity contribution >= 4 is 29.1 Å². The smallest absolute Gasteiger partial charge is 0.231 e. The topological polar surface area (TPSA) is 70.8 Å². The summed E-state index contributed by atoms with van der Waals surface area (Å²) >= 11 is 7.92. The fourth-order valence-corrected chi connectivity index (χ4v) is 4.11. The molecule has 5 rings (SSSR count). The summed E-state index contributed by atoms with van der Waals surface area (Å²) in [5, 5.41) is 14.7. The molecule has 0 bridgehead atoms. The molecule has 0 N–H and O–H groups in total. The average Bonchev–Trinajstić information content (AvgIpc) is 3.35. The van der Waals surface area contributed by atoms with Crippen molar-refractivity contribution in [2.75, 3.05) is 19.2 Å². The number of aromatic nitrogens is 3. The van der Waals surface area contributed by atoms with Crippen molar-refractivity contribution in [3.05, 3.63) is 47.0 Å². The van der Waals surface area contributed by atoms with Gasteiger partial charge in [0, 0.05) is 16.9 Å². The molecule has 0 atom stereocenters. The van der Waals surface area contributed by atoms with Crippen molar-refractivity contribution in [3.8, 4) is 28.6 Å². The van der Waals surface area contributed by atoms with E-state index in [4.69, 9.17) is 30.9 Å². The van der Waals surface area contributed by atoms with Crippen LogP contribution in [0.3, 0.4) is 0 Å². The normalized spacial score (nSPS) is 14.6. The minimum atomic E-state index is 0.230. The third-order valence-corrected chi connectivity index (χ3v) is 5.59. The van der Waals surface area contributed by atoms with Gasteiger partial charge in [0.25, 0.3) is 0 Å². The zero-order valence-electron chi connectivity index (χ0n) is 14.9. The van der Waals surface area contributed by atoms with Gasteiger partial charge in [-0.25, -0.2) is 0 Å². The standard InChI is InChI=1S/C19H15ClN4O3S/c1-2-25-15-5-3-11(7-13(15)20)14-9-28-19-22-21-18(24(19)23-14)12-4-6-16-17(8-12)27-10-26-16/h3-8H,2,9-10H2,1H3. The summed E-state index contributed by atoms with van der Waals surface area (Å²) in [6, 6.07) is 11.4. The predicted molar refractivity (Wildman–Crippen MR) is 107 cm³/mol. The van der Waals surface area contributed by atoms with Gasteiger partial charge >= 0.3 is 0 Å². The molecule has 0 spiro atoms. The number of hydrogen-bond acceptors (Lipinski definition) is 7. The highest BCUT2D eigenvalue weighted by molar-refractivity contribution is 7.99. The summed E-state index contributed by atoms with van der Waals surface area (Å²) in [5.74, 6) is 3.42. The number of fused-ring (bicyclic) bond motifs is 2. The van der Waals surface area contributed by atoms with Gasteiger partial charge < -0.3 is 14.2 Å². The number of halogens is 1. The summed E-state index contributed by atoms with van der Waals surface area (Å²) in [6.45, 7) is 2.73. The minimum Gasteiger partial charge on any atom is -0.492 e. The van der Waals surface area contributed by atoms with Crippen LogP contribution in [0.1, 0.15) is 12.5 Å². The Kier molecular flexibility index (Phi) is 4.37. The molecule has 0 radical (unpaired) electrons. The van der Waals surface area contributed by atoms with E-state index < -0.39 is 0 Å². The fourth-order valence-electron chi connectivity index (χ4n) is 3.04. The van der Waals surface area contributed by atoms with E-state index in [0.29, 0.717) is 34.7 Å². The van der Waals surface area contributed by atoms with E-state index in [2.05, 4.69) is 10.2 Å². The maximum atomic E-state index is 6.34. The van der Waals surface area contributed by atoms with Crippen molar-refractivity contribution < 1.29 is 14.2 Å². The van der Waals surface area contributed by atoms with Crippen molar-refractivity contribution in [3.63, 3.8) is 0 Å². The van der Waals surface area contributed by atoms with Crippen molar-refractivity contribution in [1.29, 1.82) is 0 Å². The molecule has 2 aromatic carbocycles. The quantitative estimate of drug-likeness (QED) is 0.640. The Balaban J connectivity index is 1.52. The lowest BCUT2D eigenvalue weighted by Gasteiger charge is -2.15. The second kappa shape index (κ2) is 7.03. The highest BCUT2D eigenvalue weighted by atomic mass is 35.5. The molecule has 0 aliphatic carbocycles. The van der Waals surface area contributed by atoms with Gasteiger partial charge in [-0.05, 0) is 43.3 Å². The van der Waals surface area contributed by atoms with E-state index in [1.807, 2.05) is 43.3 Å². The monoisotopic (exact) mass is 414 g/mol. The summed E-state index contributed by atoms with van der Waals surface area (Å²) in [4.78, 5) is 0. The Morgan fingerprint density at radius 2 is 1.96 bits per heavy atom. The first-order valence-electron chi connectivity index (χ1n) is 8.71. The molecule has 2 aliphatic heterocycles.